The van der Waals surface area contributed by atoms with Gasteiger partial charge in [-0.1, -0.05) is 6.92 Å². The first-order valence-electron chi connectivity index (χ1n) is 1.21. The van der Waals surface area contributed by atoms with E-state index in [0.717, 1.165) is 6.42 Å². The fraction of sp³-hybridized carbons (Fsp3) is 0.667. The molecule has 0 heterocycles. The molecule has 0 aliphatic rings. The van der Waals surface area contributed by atoms with Gasteiger partial charge in [0.15, 0.2) is 0 Å². The van der Waals surface area contributed by atoms with Crippen molar-refractivity contribution in [1.82, 2.24) is 0 Å². The fourth-order valence-electron chi connectivity index (χ4n) is 0. The van der Waals surface area contributed by atoms with Gasteiger partial charge < -0.3 is 6.92 Å². The van der Waals surface area contributed by atoms with Crippen LogP contribution in [0.15, 0.2) is 0 Å². The number of hydrogen-bond donors (Lipinski definition) is 0. The molecule has 0 fully saturated rings. The summed E-state index contributed by atoms with van der Waals surface area (Å²) in [6.45, 7) is 5.50. The smallest absolute Gasteiger partial charge is 0 e. The second-order valence-corrected chi connectivity index (χ2v) is 0.500. The van der Waals surface area contributed by atoms with Gasteiger partial charge in [-0.3, -0.25) is 0 Å². The first kappa shape index (κ1) is 16.4. The van der Waals surface area contributed by atoms with Crippen molar-refractivity contribution in [1.29, 1.82) is 0 Å². The summed E-state index contributed by atoms with van der Waals surface area (Å²) in [6.07, 6.45) is 1.00. The van der Waals surface area contributed by atoms with Gasteiger partial charge in [-0.2, -0.15) is 6.42 Å². The van der Waals surface area contributed by atoms with Crippen LogP contribution >= 0.6 is 0 Å². The average molecular weight is 143 g/mol. The Morgan fingerprint density at radius 2 is 1.60 bits per heavy atom. The van der Waals surface area contributed by atoms with Crippen molar-refractivity contribution in [3.63, 3.8) is 0 Å². The summed E-state index contributed by atoms with van der Waals surface area (Å²) in [4.78, 5) is 0. The molecule has 0 aromatic rings. The molecule has 0 atom stereocenters. The average Bonchev–Trinajstić information content (AvgIpc) is 0.918. The van der Waals surface area contributed by atoms with Crippen molar-refractivity contribution in [2.24, 2.45) is 0 Å². The van der Waals surface area contributed by atoms with Crippen LogP contribution in [0.3, 0.4) is 0 Å². The topological polar surface area (TPSA) is 0 Å². The zero-order valence-electron chi connectivity index (χ0n) is 3.57. The predicted molar refractivity (Wildman–Crippen MR) is 21.4 cm³/mol. The summed E-state index contributed by atoms with van der Waals surface area (Å²) < 4.78 is 0. The maximum absolute atomic E-state index is 3.49. The van der Waals surface area contributed by atoms with E-state index >= 15 is 0 Å². The number of rotatable bonds is 0. The van der Waals surface area contributed by atoms with Gasteiger partial charge in [-0.15, -0.1) is 0 Å². The Bertz CT molecular complexity index is 6.85. The molecule has 26 valence electrons. The third-order valence-electron chi connectivity index (χ3n) is 0. The Morgan fingerprint density at radius 3 is 1.60 bits per heavy atom. The molecule has 0 unspecified atom stereocenters. The van der Waals surface area contributed by atoms with Gasteiger partial charge >= 0.3 is 0 Å². The Labute approximate surface area is 61.2 Å². The van der Waals surface area contributed by atoms with E-state index in [9.17, 15) is 0 Å². The molecule has 0 aromatic carbocycles. The molecular weight excluding hydrogens is 136 g/mol. The normalized spacial score (nSPS) is 3.60. The van der Waals surface area contributed by atoms with E-state index in [1.807, 2.05) is 6.92 Å². The van der Waals surface area contributed by atoms with Gasteiger partial charge in [0.2, 0.25) is 0 Å². The molecule has 0 saturated carbocycles. The third kappa shape index (κ3) is 38.0. The summed E-state index contributed by atoms with van der Waals surface area (Å²) in [5, 5.41) is 0. The third-order valence-corrected chi connectivity index (χ3v) is 0. The second-order valence-electron chi connectivity index (χ2n) is 0.500. The maximum atomic E-state index is 3.49. The van der Waals surface area contributed by atoms with Gasteiger partial charge in [0.05, 0.1) is 0 Å². The van der Waals surface area contributed by atoms with Crippen molar-refractivity contribution in [3.05, 3.63) is 6.92 Å². The van der Waals surface area contributed by atoms with Crippen LogP contribution in [0.2, 0.25) is 0 Å². The number of hydrogen-bond acceptors (Lipinski definition) is 0. The molecule has 2 heteroatoms. The van der Waals surface area contributed by atoms with E-state index in [4.69, 9.17) is 0 Å². The second kappa shape index (κ2) is 19.1. The van der Waals surface area contributed by atoms with Gasteiger partial charge in [0.1, 0.15) is 0 Å². The summed E-state index contributed by atoms with van der Waals surface area (Å²) in [5.74, 6) is 0. The van der Waals surface area contributed by atoms with Crippen molar-refractivity contribution in [3.8, 4) is 0 Å². The monoisotopic (exact) mass is 143 g/mol. The van der Waals surface area contributed by atoms with Crippen molar-refractivity contribution < 1.29 is 32.7 Å². The standard InChI is InChI=1S/C3H7.B.Y/c1-3-2;;/h1,3H2,2H3;;/q-1;;. The van der Waals surface area contributed by atoms with Crippen LogP contribution in [0.4, 0.5) is 0 Å². The summed E-state index contributed by atoms with van der Waals surface area (Å²) in [6, 6.07) is 0. The van der Waals surface area contributed by atoms with E-state index in [-0.39, 0.29) is 41.1 Å². The van der Waals surface area contributed by atoms with E-state index in [2.05, 4.69) is 6.92 Å². The zero-order chi connectivity index (χ0) is 2.71. The van der Waals surface area contributed by atoms with E-state index in [0.29, 0.717) is 0 Å². The molecule has 0 aliphatic heterocycles. The SMILES string of the molecule is [B].[CH2-]CC.[Y]. The zero-order valence-corrected chi connectivity index (χ0v) is 6.41. The molecular formula is C3H7BY-. The minimum absolute atomic E-state index is 0. The first-order chi connectivity index (χ1) is 1.41. The summed E-state index contributed by atoms with van der Waals surface area (Å²) >= 11 is 0. The molecule has 5 heavy (non-hydrogen) atoms. The first-order valence-corrected chi connectivity index (χ1v) is 1.21. The molecule has 0 aromatic heterocycles. The quantitative estimate of drug-likeness (QED) is 0.348. The van der Waals surface area contributed by atoms with Crippen LogP contribution in [0.25, 0.3) is 0 Å². The van der Waals surface area contributed by atoms with Crippen LogP contribution in [-0.4, -0.2) is 8.41 Å². The molecule has 0 bridgehead atoms. The largest absolute Gasteiger partial charge is 0.344 e. The van der Waals surface area contributed by atoms with Crippen molar-refractivity contribution in [2.45, 2.75) is 13.3 Å². The minimum atomic E-state index is 0. The Kier molecular flexibility index (Phi) is 62.7. The van der Waals surface area contributed by atoms with Gasteiger partial charge in [0.25, 0.3) is 0 Å². The minimum Gasteiger partial charge on any atom is -0.344 e. The van der Waals surface area contributed by atoms with E-state index in [1.165, 1.54) is 0 Å². The molecule has 4 radical (unpaired) electrons. The molecule has 0 nitrogen and oxygen atoms in total. The van der Waals surface area contributed by atoms with Gasteiger partial charge in [-0.25, -0.2) is 0 Å². The van der Waals surface area contributed by atoms with Crippen LogP contribution in [-0.2, 0) is 32.7 Å². The molecule has 0 spiro atoms. The molecule has 0 saturated heterocycles. The molecule has 0 rings (SSSR count). The Hall–Kier alpha value is 1.17. The van der Waals surface area contributed by atoms with Crippen LogP contribution in [0, 0.1) is 6.92 Å². The van der Waals surface area contributed by atoms with Crippen LogP contribution in [0.1, 0.15) is 13.3 Å². The summed E-state index contributed by atoms with van der Waals surface area (Å²) in [7, 11) is 0. The molecule has 0 N–H and O–H groups in total. The molecule has 0 amide bonds. The maximum Gasteiger partial charge on any atom is 0 e. The molecule has 0 aliphatic carbocycles. The summed E-state index contributed by atoms with van der Waals surface area (Å²) in [5.41, 5.74) is 0. The fourth-order valence-corrected chi connectivity index (χ4v) is 0. The van der Waals surface area contributed by atoms with Crippen molar-refractivity contribution >= 4 is 8.41 Å². The van der Waals surface area contributed by atoms with Crippen LogP contribution in [0.5, 0.6) is 0 Å². The van der Waals surface area contributed by atoms with E-state index in [1.54, 1.807) is 0 Å². The van der Waals surface area contributed by atoms with Crippen LogP contribution < -0.4 is 0 Å². The predicted octanol–water partition coefficient (Wildman–Crippen LogP) is 0.847. The Balaban J connectivity index is -0.0000000200. The Morgan fingerprint density at radius 1 is 1.60 bits per heavy atom. The van der Waals surface area contributed by atoms with Crippen molar-refractivity contribution in [2.75, 3.05) is 0 Å². The van der Waals surface area contributed by atoms with Gasteiger partial charge in [0, 0.05) is 41.1 Å². The van der Waals surface area contributed by atoms with E-state index < -0.39 is 0 Å². The van der Waals surface area contributed by atoms with Gasteiger partial charge in [-0.05, 0) is 0 Å².